The van der Waals surface area contributed by atoms with Gasteiger partial charge in [-0.25, -0.2) is 8.42 Å². The first-order valence-electron chi connectivity index (χ1n) is 11.0. The van der Waals surface area contributed by atoms with Gasteiger partial charge in [-0.05, 0) is 55.7 Å². The fraction of sp³-hybridized carbons (Fsp3) is 0.348. The van der Waals surface area contributed by atoms with Gasteiger partial charge in [-0.3, -0.25) is 9.52 Å². The van der Waals surface area contributed by atoms with Crippen molar-refractivity contribution in [2.75, 3.05) is 33.8 Å². The first-order valence-corrected chi connectivity index (χ1v) is 12.6. The number of carbonyl (C=O) groups is 1. The second-order valence-electron chi connectivity index (χ2n) is 8.01. The zero-order valence-electron chi connectivity index (χ0n) is 18.7. The van der Waals surface area contributed by atoms with Gasteiger partial charge in [-0.1, -0.05) is 6.92 Å². The number of anilines is 3. The van der Waals surface area contributed by atoms with E-state index in [-0.39, 0.29) is 29.2 Å². The number of hydrogen-bond donors (Lipinski definition) is 2. The van der Waals surface area contributed by atoms with E-state index in [1.165, 1.54) is 6.26 Å². The molecular weight excluding hydrogens is 458 g/mol. The number of oxazole rings is 1. The van der Waals surface area contributed by atoms with Crippen molar-refractivity contribution in [2.24, 2.45) is 5.92 Å². The van der Waals surface area contributed by atoms with E-state index in [0.29, 0.717) is 55.4 Å². The van der Waals surface area contributed by atoms with E-state index in [1.807, 2.05) is 4.90 Å². The molecule has 34 heavy (non-hydrogen) atoms. The van der Waals surface area contributed by atoms with Gasteiger partial charge in [0.15, 0.2) is 5.76 Å². The molecule has 0 atom stereocenters. The van der Waals surface area contributed by atoms with Gasteiger partial charge >= 0.3 is 0 Å². The summed E-state index contributed by atoms with van der Waals surface area (Å²) in [6, 6.07) is 12.1. The molecule has 10 nitrogen and oxygen atoms in total. The Balaban J connectivity index is 1.33. The van der Waals surface area contributed by atoms with Crippen LogP contribution in [0.15, 0.2) is 51.5 Å². The number of amides is 1. The molecule has 0 saturated carbocycles. The maximum Gasteiger partial charge on any atom is 0.266 e. The molecule has 0 spiro atoms. The summed E-state index contributed by atoms with van der Waals surface area (Å²) in [5, 5.41) is 12.3. The number of piperidine rings is 1. The van der Waals surface area contributed by atoms with Gasteiger partial charge in [-0.2, -0.15) is 10.2 Å². The Hall–Kier alpha value is -3.78. The van der Waals surface area contributed by atoms with Crippen LogP contribution in [0.1, 0.15) is 31.9 Å². The molecule has 1 amide bonds. The third kappa shape index (κ3) is 5.40. The Morgan fingerprint density at radius 3 is 2.53 bits per heavy atom. The van der Waals surface area contributed by atoms with Gasteiger partial charge in [0.25, 0.3) is 5.89 Å². The van der Waals surface area contributed by atoms with Crippen molar-refractivity contribution in [3.05, 3.63) is 48.4 Å². The third-order valence-corrected chi connectivity index (χ3v) is 6.99. The highest BCUT2D eigenvalue weighted by Crippen LogP contribution is 2.31. The number of nitriles is 1. The predicted octanol–water partition coefficient (Wildman–Crippen LogP) is 3.81. The van der Waals surface area contributed by atoms with Crippen LogP contribution in [-0.4, -0.2) is 38.2 Å². The van der Waals surface area contributed by atoms with E-state index in [2.05, 4.69) is 21.1 Å². The summed E-state index contributed by atoms with van der Waals surface area (Å²) in [5.74, 6) is 0.829. The SMILES string of the molecule is CCCS(=O)(=O)Nc1ccc(NC(=O)C2CCN(c3oc(-c4ccco4)nc3C#N)CC2)cc1. The highest BCUT2D eigenvalue weighted by Gasteiger charge is 2.29. The fourth-order valence-corrected chi connectivity index (χ4v) is 4.95. The number of aromatic nitrogens is 1. The van der Waals surface area contributed by atoms with Crippen LogP contribution in [0.4, 0.5) is 17.3 Å². The summed E-state index contributed by atoms with van der Waals surface area (Å²) in [6.07, 6.45) is 3.21. The maximum absolute atomic E-state index is 12.8. The summed E-state index contributed by atoms with van der Waals surface area (Å²) in [5.41, 5.74) is 1.23. The molecule has 0 bridgehead atoms. The number of hydrogen-bond acceptors (Lipinski definition) is 8. The zero-order chi connectivity index (χ0) is 24.1. The van der Waals surface area contributed by atoms with Crippen LogP contribution in [-0.2, 0) is 14.8 Å². The molecule has 1 aliphatic heterocycles. The van der Waals surface area contributed by atoms with E-state index >= 15 is 0 Å². The molecule has 3 aromatic rings. The molecular formula is C23H25N5O5S. The number of nitrogens with zero attached hydrogens (tertiary/aromatic N) is 3. The average molecular weight is 484 g/mol. The predicted molar refractivity (Wildman–Crippen MR) is 127 cm³/mol. The standard InChI is InChI=1S/C23H25N5O5S/c1-2-14-34(30,31)27-18-7-5-17(6-8-18)25-21(29)16-9-11-28(12-10-16)23-19(15-24)26-22(33-23)20-4-3-13-32-20/h3-8,13,16,27H,2,9-12,14H2,1H3,(H,25,29). The number of furan rings is 1. The van der Waals surface area contributed by atoms with E-state index in [9.17, 15) is 18.5 Å². The van der Waals surface area contributed by atoms with Gasteiger partial charge in [-0.15, -0.1) is 0 Å². The first-order chi connectivity index (χ1) is 16.4. The van der Waals surface area contributed by atoms with E-state index in [1.54, 1.807) is 43.3 Å². The van der Waals surface area contributed by atoms with Crippen molar-refractivity contribution < 1.29 is 22.0 Å². The minimum Gasteiger partial charge on any atom is -0.459 e. The smallest absolute Gasteiger partial charge is 0.266 e. The number of sulfonamides is 1. The molecule has 0 radical (unpaired) electrons. The zero-order valence-corrected chi connectivity index (χ0v) is 19.5. The summed E-state index contributed by atoms with van der Waals surface area (Å²) in [4.78, 5) is 18.9. The van der Waals surface area contributed by atoms with Gasteiger partial charge in [0.05, 0.1) is 12.0 Å². The number of rotatable bonds is 8. The Morgan fingerprint density at radius 2 is 1.91 bits per heavy atom. The minimum atomic E-state index is -3.36. The second kappa shape index (κ2) is 10.0. The quantitative estimate of drug-likeness (QED) is 0.493. The topological polar surface area (TPSA) is 141 Å². The molecule has 1 aromatic carbocycles. The van der Waals surface area contributed by atoms with E-state index in [0.717, 1.165) is 0 Å². The lowest BCUT2D eigenvalue weighted by atomic mass is 9.96. The Labute approximate surface area is 197 Å². The van der Waals surface area contributed by atoms with E-state index < -0.39 is 10.0 Å². The van der Waals surface area contributed by atoms with Crippen molar-refractivity contribution in [3.63, 3.8) is 0 Å². The molecule has 1 fully saturated rings. The largest absolute Gasteiger partial charge is 0.459 e. The van der Waals surface area contributed by atoms with E-state index in [4.69, 9.17) is 8.83 Å². The highest BCUT2D eigenvalue weighted by molar-refractivity contribution is 7.92. The molecule has 178 valence electrons. The first kappa shape index (κ1) is 23.4. The maximum atomic E-state index is 12.8. The highest BCUT2D eigenvalue weighted by atomic mass is 32.2. The van der Waals surface area contributed by atoms with Crippen molar-refractivity contribution in [3.8, 4) is 17.7 Å². The summed E-state index contributed by atoms with van der Waals surface area (Å²) in [6.45, 7) is 2.88. The summed E-state index contributed by atoms with van der Waals surface area (Å²) in [7, 11) is -3.36. The number of carbonyl (C=O) groups excluding carboxylic acids is 1. The minimum absolute atomic E-state index is 0.0538. The molecule has 2 aromatic heterocycles. The van der Waals surface area contributed by atoms with Gasteiger partial charge in [0.1, 0.15) is 6.07 Å². The van der Waals surface area contributed by atoms with Crippen LogP contribution < -0.4 is 14.9 Å². The molecule has 0 aliphatic carbocycles. The van der Waals surface area contributed by atoms with Crippen LogP contribution in [0, 0.1) is 17.2 Å². The van der Waals surface area contributed by atoms with Crippen LogP contribution in [0.3, 0.4) is 0 Å². The van der Waals surface area contributed by atoms with Crippen molar-refractivity contribution in [2.45, 2.75) is 26.2 Å². The molecule has 3 heterocycles. The van der Waals surface area contributed by atoms with Crippen LogP contribution in [0.2, 0.25) is 0 Å². The molecule has 1 aliphatic rings. The molecule has 4 rings (SSSR count). The number of benzene rings is 1. The molecule has 0 unspecified atom stereocenters. The lowest BCUT2D eigenvalue weighted by Crippen LogP contribution is -2.38. The van der Waals surface area contributed by atoms with Crippen LogP contribution in [0.5, 0.6) is 0 Å². The third-order valence-electron chi connectivity index (χ3n) is 5.50. The summed E-state index contributed by atoms with van der Waals surface area (Å²) >= 11 is 0. The Kier molecular flexibility index (Phi) is 6.88. The van der Waals surface area contributed by atoms with Crippen LogP contribution >= 0.6 is 0 Å². The molecule has 2 N–H and O–H groups in total. The Bertz CT molecular complexity index is 1270. The monoisotopic (exact) mass is 483 g/mol. The summed E-state index contributed by atoms with van der Waals surface area (Å²) < 4.78 is 37.4. The van der Waals surface area contributed by atoms with Crippen LogP contribution in [0.25, 0.3) is 11.7 Å². The average Bonchev–Trinajstić information content (AvgIpc) is 3.50. The van der Waals surface area contributed by atoms with Crippen molar-refractivity contribution in [1.82, 2.24) is 4.98 Å². The second-order valence-corrected chi connectivity index (χ2v) is 9.85. The molecule has 1 saturated heterocycles. The van der Waals surface area contributed by atoms with Crippen molar-refractivity contribution in [1.29, 1.82) is 5.26 Å². The molecule has 11 heteroatoms. The van der Waals surface area contributed by atoms with Gasteiger partial charge in [0.2, 0.25) is 27.5 Å². The Morgan fingerprint density at radius 1 is 1.21 bits per heavy atom. The van der Waals surface area contributed by atoms with Gasteiger partial charge < -0.3 is 19.1 Å². The lowest BCUT2D eigenvalue weighted by Gasteiger charge is -2.30. The van der Waals surface area contributed by atoms with Gasteiger partial charge in [0, 0.05) is 30.4 Å². The van der Waals surface area contributed by atoms with Crippen molar-refractivity contribution >= 4 is 33.2 Å². The number of nitrogens with one attached hydrogen (secondary N) is 2. The fourth-order valence-electron chi connectivity index (χ4n) is 3.81. The normalized spacial score (nSPS) is 14.5. The lowest BCUT2D eigenvalue weighted by molar-refractivity contribution is -0.120.